The van der Waals surface area contributed by atoms with Crippen molar-refractivity contribution in [3.63, 3.8) is 0 Å². The monoisotopic (exact) mass is 253 g/mol. The summed E-state index contributed by atoms with van der Waals surface area (Å²) in [6, 6.07) is 0. The number of carbonyl (C=O) groups excluding carboxylic acids is 1. The number of aryl methyl sites for hydroxylation is 1. The fourth-order valence-corrected chi connectivity index (χ4v) is 1.52. The summed E-state index contributed by atoms with van der Waals surface area (Å²) in [6.07, 6.45) is 2.32. The van der Waals surface area contributed by atoms with E-state index in [1.165, 1.54) is 0 Å². The van der Waals surface area contributed by atoms with Crippen LogP contribution in [-0.2, 0) is 17.9 Å². The minimum Gasteiger partial charge on any atom is -0.356 e. The molecule has 0 unspecified atom stereocenters. The molecule has 0 fully saturated rings. The molecule has 18 heavy (non-hydrogen) atoms. The first-order valence-electron chi connectivity index (χ1n) is 6.48. The Morgan fingerprint density at radius 3 is 2.94 bits per heavy atom. The minimum atomic E-state index is 0.0486. The largest absolute Gasteiger partial charge is 0.356 e. The summed E-state index contributed by atoms with van der Waals surface area (Å²) >= 11 is 0. The van der Waals surface area contributed by atoms with Crippen LogP contribution in [0.3, 0.4) is 0 Å². The normalized spacial score (nSPS) is 10.9. The van der Waals surface area contributed by atoms with Gasteiger partial charge in [-0.05, 0) is 19.4 Å². The van der Waals surface area contributed by atoms with Crippen LogP contribution in [0.15, 0.2) is 6.20 Å². The lowest BCUT2D eigenvalue weighted by Crippen LogP contribution is -2.23. The molecule has 0 saturated carbocycles. The topological polar surface area (TPSA) is 71.8 Å². The number of rotatable bonds is 8. The third kappa shape index (κ3) is 5.77. The van der Waals surface area contributed by atoms with Crippen molar-refractivity contribution in [3.8, 4) is 0 Å². The van der Waals surface area contributed by atoms with E-state index in [1.54, 1.807) is 4.68 Å². The molecule has 6 nitrogen and oxygen atoms in total. The first-order chi connectivity index (χ1) is 8.61. The summed E-state index contributed by atoms with van der Waals surface area (Å²) < 4.78 is 1.71. The van der Waals surface area contributed by atoms with E-state index in [0.29, 0.717) is 25.4 Å². The number of carbonyl (C=O) groups is 1. The highest BCUT2D eigenvalue weighted by Gasteiger charge is 2.03. The van der Waals surface area contributed by atoms with Crippen LogP contribution in [-0.4, -0.2) is 34.0 Å². The van der Waals surface area contributed by atoms with Crippen LogP contribution < -0.4 is 10.6 Å². The van der Waals surface area contributed by atoms with E-state index in [2.05, 4.69) is 34.8 Å². The second-order valence-corrected chi connectivity index (χ2v) is 4.70. The lowest BCUT2D eigenvalue weighted by Gasteiger charge is -2.04. The molecule has 0 aromatic carbocycles. The van der Waals surface area contributed by atoms with E-state index in [-0.39, 0.29) is 5.91 Å². The van der Waals surface area contributed by atoms with Crippen LogP contribution in [0.25, 0.3) is 0 Å². The molecule has 0 radical (unpaired) electrons. The third-order valence-corrected chi connectivity index (χ3v) is 2.39. The van der Waals surface area contributed by atoms with E-state index in [0.717, 1.165) is 18.8 Å². The summed E-state index contributed by atoms with van der Waals surface area (Å²) in [4.78, 5) is 11.3. The SMILES string of the molecule is CCNC(=O)CCn1cc(CNCC(C)C)nn1. The van der Waals surface area contributed by atoms with Crippen molar-refractivity contribution in [1.29, 1.82) is 0 Å². The van der Waals surface area contributed by atoms with Crippen molar-refractivity contribution in [2.75, 3.05) is 13.1 Å². The van der Waals surface area contributed by atoms with E-state index in [4.69, 9.17) is 0 Å². The number of hydrogen-bond acceptors (Lipinski definition) is 4. The van der Waals surface area contributed by atoms with Crippen LogP contribution >= 0.6 is 0 Å². The summed E-state index contributed by atoms with van der Waals surface area (Å²) in [5.74, 6) is 0.672. The molecule has 102 valence electrons. The van der Waals surface area contributed by atoms with Gasteiger partial charge in [-0.3, -0.25) is 9.48 Å². The van der Waals surface area contributed by atoms with Gasteiger partial charge >= 0.3 is 0 Å². The summed E-state index contributed by atoms with van der Waals surface area (Å²) in [6.45, 7) is 9.16. The Morgan fingerprint density at radius 1 is 1.50 bits per heavy atom. The Kier molecular flexibility index (Phi) is 6.35. The van der Waals surface area contributed by atoms with Crippen LogP contribution in [0.4, 0.5) is 0 Å². The molecule has 1 amide bonds. The summed E-state index contributed by atoms with van der Waals surface area (Å²) in [5.41, 5.74) is 0.909. The van der Waals surface area contributed by atoms with Crippen molar-refractivity contribution in [3.05, 3.63) is 11.9 Å². The highest BCUT2D eigenvalue weighted by Crippen LogP contribution is 1.96. The van der Waals surface area contributed by atoms with Gasteiger partial charge in [0.1, 0.15) is 0 Å². The molecule has 1 aromatic rings. The van der Waals surface area contributed by atoms with Gasteiger partial charge < -0.3 is 10.6 Å². The van der Waals surface area contributed by atoms with Gasteiger partial charge in [0.05, 0.1) is 12.2 Å². The fraction of sp³-hybridized carbons (Fsp3) is 0.750. The zero-order valence-electron chi connectivity index (χ0n) is 11.4. The van der Waals surface area contributed by atoms with Gasteiger partial charge in [-0.1, -0.05) is 19.1 Å². The smallest absolute Gasteiger partial charge is 0.221 e. The molecule has 1 rings (SSSR count). The fourth-order valence-electron chi connectivity index (χ4n) is 1.52. The molecule has 0 aliphatic heterocycles. The number of aromatic nitrogens is 3. The minimum absolute atomic E-state index is 0.0486. The summed E-state index contributed by atoms with van der Waals surface area (Å²) in [5, 5.41) is 14.1. The van der Waals surface area contributed by atoms with E-state index >= 15 is 0 Å². The lowest BCUT2D eigenvalue weighted by atomic mass is 10.2. The van der Waals surface area contributed by atoms with E-state index in [1.807, 2.05) is 13.1 Å². The second-order valence-electron chi connectivity index (χ2n) is 4.70. The molecule has 0 atom stereocenters. The molecule has 0 bridgehead atoms. The quantitative estimate of drug-likeness (QED) is 0.709. The lowest BCUT2D eigenvalue weighted by molar-refractivity contribution is -0.121. The molecule has 2 N–H and O–H groups in total. The molecule has 1 heterocycles. The number of hydrogen-bond donors (Lipinski definition) is 2. The number of nitrogens with one attached hydrogen (secondary N) is 2. The predicted molar refractivity (Wildman–Crippen MR) is 69.9 cm³/mol. The number of amides is 1. The van der Waals surface area contributed by atoms with E-state index in [9.17, 15) is 4.79 Å². The van der Waals surface area contributed by atoms with Crippen LogP contribution in [0.2, 0.25) is 0 Å². The maximum absolute atomic E-state index is 11.3. The van der Waals surface area contributed by atoms with Crippen molar-refractivity contribution in [2.45, 2.75) is 40.3 Å². The first kappa shape index (κ1) is 14.6. The highest BCUT2D eigenvalue weighted by molar-refractivity contribution is 5.75. The third-order valence-electron chi connectivity index (χ3n) is 2.39. The van der Waals surface area contributed by atoms with Gasteiger partial charge in [-0.2, -0.15) is 0 Å². The number of nitrogens with zero attached hydrogens (tertiary/aromatic N) is 3. The standard InChI is InChI=1S/C12H23N5O/c1-4-14-12(18)5-6-17-9-11(15-16-17)8-13-7-10(2)3/h9-10,13H,4-8H2,1-3H3,(H,14,18). The summed E-state index contributed by atoms with van der Waals surface area (Å²) in [7, 11) is 0. The highest BCUT2D eigenvalue weighted by atomic mass is 16.1. The molecule has 0 aliphatic carbocycles. The van der Waals surface area contributed by atoms with Crippen LogP contribution in [0.1, 0.15) is 32.9 Å². The Labute approximate surface area is 108 Å². The van der Waals surface area contributed by atoms with Crippen LogP contribution in [0.5, 0.6) is 0 Å². The average Bonchev–Trinajstić information content (AvgIpc) is 2.74. The van der Waals surface area contributed by atoms with Gasteiger partial charge in [-0.25, -0.2) is 0 Å². The van der Waals surface area contributed by atoms with Crippen molar-refractivity contribution in [1.82, 2.24) is 25.6 Å². The van der Waals surface area contributed by atoms with Crippen LogP contribution in [0, 0.1) is 5.92 Å². The Hall–Kier alpha value is -1.43. The maximum atomic E-state index is 11.3. The predicted octanol–water partition coefficient (Wildman–Crippen LogP) is 0.550. The molecule has 6 heteroatoms. The zero-order chi connectivity index (χ0) is 13.4. The molecular formula is C12H23N5O. The Bertz CT molecular complexity index is 361. The van der Waals surface area contributed by atoms with Gasteiger partial charge in [0.25, 0.3) is 0 Å². The van der Waals surface area contributed by atoms with Gasteiger partial charge in [0, 0.05) is 25.7 Å². The van der Waals surface area contributed by atoms with Gasteiger partial charge in [0.15, 0.2) is 0 Å². The molecule has 0 aliphatic rings. The van der Waals surface area contributed by atoms with Gasteiger partial charge in [-0.15, -0.1) is 5.10 Å². The first-order valence-corrected chi connectivity index (χ1v) is 6.48. The van der Waals surface area contributed by atoms with E-state index < -0.39 is 0 Å². The molecule has 1 aromatic heterocycles. The Balaban J connectivity index is 2.27. The molecule has 0 saturated heterocycles. The van der Waals surface area contributed by atoms with Gasteiger partial charge in [0.2, 0.25) is 5.91 Å². The average molecular weight is 253 g/mol. The zero-order valence-corrected chi connectivity index (χ0v) is 11.4. The Morgan fingerprint density at radius 2 is 2.28 bits per heavy atom. The molecule has 0 spiro atoms. The maximum Gasteiger partial charge on any atom is 0.221 e. The van der Waals surface area contributed by atoms with Crippen molar-refractivity contribution in [2.24, 2.45) is 5.92 Å². The van der Waals surface area contributed by atoms with Crippen molar-refractivity contribution < 1.29 is 4.79 Å². The van der Waals surface area contributed by atoms with Crippen molar-refractivity contribution >= 4 is 5.91 Å². The molecular weight excluding hydrogens is 230 g/mol. The second kappa shape index (κ2) is 7.81.